The molecule has 1 aromatic heterocycles. The third kappa shape index (κ3) is 5.79. The zero-order valence-corrected chi connectivity index (χ0v) is 20.9. The van der Waals surface area contributed by atoms with Gasteiger partial charge in [0.05, 0.1) is 18.9 Å². The molecular formula is C29H27N5O4. The number of H-pyrrole nitrogens is 1. The number of morpholine rings is 1. The average Bonchev–Trinajstić information content (AvgIpc) is 3.40. The van der Waals surface area contributed by atoms with E-state index < -0.39 is 0 Å². The highest BCUT2D eigenvalue weighted by molar-refractivity contribution is 6.10. The number of hydrogen-bond donors (Lipinski definition) is 3. The number of aromatic nitrogens is 2. The smallest absolute Gasteiger partial charge is 0.273 e. The minimum absolute atomic E-state index is 0.163. The fourth-order valence-electron chi connectivity index (χ4n) is 4.16. The van der Waals surface area contributed by atoms with Gasteiger partial charge < -0.3 is 20.3 Å². The third-order valence-corrected chi connectivity index (χ3v) is 6.27. The van der Waals surface area contributed by atoms with Gasteiger partial charge in [-0.25, -0.2) is 0 Å². The molecule has 0 radical (unpaired) electrons. The molecule has 9 heteroatoms. The standard InChI is InChI=1S/C29H27N5O4/c1-19-18-26(33-32-19)29(37)31-24-10-4-21(5-11-24)27(35)20-2-8-23(9-3-20)30-28(36)22-6-12-25(13-7-22)34-14-16-38-17-15-34/h2-13,18H,14-17H2,1H3,(H,30,36)(H,31,37)(H,32,33). The van der Waals surface area contributed by atoms with Crippen molar-refractivity contribution in [3.05, 3.63) is 107 Å². The summed E-state index contributed by atoms with van der Waals surface area (Å²) >= 11 is 0. The SMILES string of the molecule is Cc1cc(C(=O)Nc2ccc(C(=O)c3ccc(NC(=O)c4ccc(N5CCOCC5)cc4)cc3)cc2)[nH]n1. The lowest BCUT2D eigenvalue weighted by molar-refractivity contribution is 0.101. The Balaban J connectivity index is 1.17. The van der Waals surface area contributed by atoms with Crippen molar-refractivity contribution < 1.29 is 19.1 Å². The Hall–Kier alpha value is -4.76. The fourth-order valence-corrected chi connectivity index (χ4v) is 4.16. The van der Waals surface area contributed by atoms with Gasteiger partial charge in [0.1, 0.15) is 5.69 Å². The van der Waals surface area contributed by atoms with Crippen molar-refractivity contribution in [3.8, 4) is 0 Å². The highest BCUT2D eigenvalue weighted by Crippen LogP contribution is 2.19. The number of benzene rings is 3. The highest BCUT2D eigenvalue weighted by atomic mass is 16.5. The average molecular weight is 510 g/mol. The van der Waals surface area contributed by atoms with E-state index in [4.69, 9.17) is 4.74 Å². The van der Waals surface area contributed by atoms with E-state index in [9.17, 15) is 14.4 Å². The number of amides is 2. The summed E-state index contributed by atoms with van der Waals surface area (Å²) in [6, 6.07) is 22.6. The monoisotopic (exact) mass is 509 g/mol. The summed E-state index contributed by atoms with van der Waals surface area (Å²) in [7, 11) is 0. The second-order valence-electron chi connectivity index (χ2n) is 8.96. The van der Waals surface area contributed by atoms with E-state index in [1.165, 1.54) is 0 Å². The van der Waals surface area contributed by atoms with Crippen LogP contribution in [0.1, 0.15) is 42.5 Å². The zero-order valence-electron chi connectivity index (χ0n) is 20.9. The zero-order chi connectivity index (χ0) is 26.5. The molecule has 5 rings (SSSR count). The first-order valence-electron chi connectivity index (χ1n) is 12.3. The Labute approximate surface area is 219 Å². The molecule has 4 aromatic rings. The van der Waals surface area contributed by atoms with E-state index in [2.05, 4.69) is 25.7 Å². The second-order valence-corrected chi connectivity index (χ2v) is 8.96. The molecule has 3 N–H and O–H groups in total. The summed E-state index contributed by atoms with van der Waals surface area (Å²) < 4.78 is 5.39. The van der Waals surface area contributed by atoms with Crippen LogP contribution in [0.25, 0.3) is 0 Å². The molecule has 3 aromatic carbocycles. The lowest BCUT2D eigenvalue weighted by Crippen LogP contribution is -2.36. The van der Waals surface area contributed by atoms with Gasteiger partial charge in [0.2, 0.25) is 0 Å². The van der Waals surface area contributed by atoms with Crippen molar-refractivity contribution in [2.45, 2.75) is 6.92 Å². The maximum atomic E-state index is 12.9. The number of anilines is 3. The van der Waals surface area contributed by atoms with Crippen LogP contribution in [0.5, 0.6) is 0 Å². The minimum atomic E-state index is -0.310. The quantitative estimate of drug-likeness (QED) is 0.320. The van der Waals surface area contributed by atoms with Crippen LogP contribution in [-0.4, -0.2) is 54.1 Å². The lowest BCUT2D eigenvalue weighted by Gasteiger charge is -2.28. The molecule has 1 saturated heterocycles. The number of carbonyl (C=O) groups excluding carboxylic acids is 3. The predicted octanol–water partition coefficient (Wildman–Crippen LogP) is 4.29. The third-order valence-electron chi connectivity index (χ3n) is 6.27. The maximum absolute atomic E-state index is 12.9. The minimum Gasteiger partial charge on any atom is -0.378 e. The molecule has 1 fully saturated rings. The van der Waals surface area contributed by atoms with Crippen LogP contribution in [0.4, 0.5) is 17.1 Å². The number of ketones is 1. The van der Waals surface area contributed by atoms with Gasteiger partial charge in [0.15, 0.2) is 5.78 Å². The van der Waals surface area contributed by atoms with Crippen LogP contribution < -0.4 is 15.5 Å². The van der Waals surface area contributed by atoms with Gasteiger partial charge in [0, 0.05) is 46.8 Å². The molecule has 0 bridgehead atoms. The van der Waals surface area contributed by atoms with Crippen molar-refractivity contribution in [3.63, 3.8) is 0 Å². The molecule has 1 aliphatic rings. The molecule has 0 atom stereocenters. The first kappa shape index (κ1) is 24.9. The molecule has 2 heterocycles. The number of hydrogen-bond acceptors (Lipinski definition) is 6. The number of carbonyl (C=O) groups is 3. The molecule has 0 saturated carbocycles. The summed E-state index contributed by atoms with van der Waals surface area (Å²) in [4.78, 5) is 40.1. The topological polar surface area (TPSA) is 116 Å². The fraction of sp³-hybridized carbons (Fsp3) is 0.172. The molecule has 192 valence electrons. The van der Waals surface area contributed by atoms with Gasteiger partial charge in [-0.1, -0.05) is 0 Å². The van der Waals surface area contributed by atoms with Crippen molar-refractivity contribution >= 4 is 34.7 Å². The summed E-state index contributed by atoms with van der Waals surface area (Å²) in [6.07, 6.45) is 0. The Morgan fingerprint density at radius 3 is 1.82 bits per heavy atom. The van der Waals surface area contributed by atoms with E-state index in [0.717, 1.165) is 24.5 Å². The van der Waals surface area contributed by atoms with E-state index in [-0.39, 0.29) is 17.6 Å². The van der Waals surface area contributed by atoms with Crippen molar-refractivity contribution in [2.75, 3.05) is 41.8 Å². The van der Waals surface area contributed by atoms with Gasteiger partial charge in [-0.3, -0.25) is 19.5 Å². The largest absolute Gasteiger partial charge is 0.378 e. The lowest BCUT2D eigenvalue weighted by atomic mass is 10.0. The Bertz CT molecular complexity index is 1440. The number of ether oxygens (including phenoxy) is 1. The second kappa shape index (κ2) is 11.1. The molecule has 38 heavy (non-hydrogen) atoms. The van der Waals surface area contributed by atoms with Crippen LogP contribution in [-0.2, 0) is 4.74 Å². The van der Waals surface area contributed by atoms with E-state index in [0.29, 0.717) is 47.0 Å². The van der Waals surface area contributed by atoms with Crippen molar-refractivity contribution in [1.29, 1.82) is 0 Å². The Kier molecular flexibility index (Phi) is 7.28. The summed E-state index contributed by atoms with van der Waals surface area (Å²) in [5, 5.41) is 12.3. The molecular weight excluding hydrogens is 482 g/mol. The number of rotatable bonds is 7. The van der Waals surface area contributed by atoms with Crippen molar-refractivity contribution in [2.24, 2.45) is 0 Å². The number of nitrogens with zero attached hydrogens (tertiary/aromatic N) is 2. The van der Waals surface area contributed by atoms with Crippen molar-refractivity contribution in [1.82, 2.24) is 10.2 Å². The number of aryl methyl sites for hydroxylation is 1. The molecule has 0 spiro atoms. The van der Waals surface area contributed by atoms with Crippen LogP contribution in [0.15, 0.2) is 78.9 Å². The summed E-state index contributed by atoms with van der Waals surface area (Å²) in [6.45, 7) is 4.87. The number of nitrogens with one attached hydrogen (secondary N) is 3. The Morgan fingerprint density at radius 1 is 0.763 bits per heavy atom. The maximum Gasteiger partial charge on any atom is 0.273 e. The highest BCUT2D eigenvalue weighted by Gasteiger charge is 2.14. The molecule has 9 nitrogen and oxygen atoms in total. The van der Waals surface area contributed by atoms with Gasteiger partial charge >= 0.3 is 0 Å². The normalized spacial score (nSPS) is 13.1. The molecule has 0 aliphatic carbocycles. The first-order chi connectivity index (χ1) is 18.5. The van der Waals surface area contributed by atoms with Crippen LogP contribution >= 0.6 is 0 Å². The first-order valence-corrected chi connectivity index (χ1v) is 12.3. The van der Waals surface area contributed by atoms with Gasteiger partial charge in [-0.2, -0.15) is 5.10 Å². The van der Waals surface area contributed by atoms with E-state index in [1.807, 2.05) is 12.1 Å². The number of aromatic amines is 1. The summed E-state index contributed by atoms with van der Waals surface area (Å²) in [5.74, 6) is -0.695. The predicted molar refractivity (Wildman–Crippen MR) is 145 cm³/mol. The van der Waals surface area contributed by atoms with E-state index in [1.54, 1.807) is 73.7 Å². The van der Waals surface area contributed by atoms with Gasteiger partial charge in [-0.05, 0) is 85.8 Å². The van der Waals surface area contributed by atoms with Gasteiger partial charge in [-0.15, -0.1) is 0 Å². The summed E-state index contributed by atoms with van der Waals surface area (Å²) in [5.41, 5.74) is 4.83. The van der Waals surface area contributed by atoms with E-state index >= 15 is 0 Å². The molecule has 1 aliphatic heterocycles. The molecule has 0 unspecified atom stereocenters. The van der Waals surface area contributed by atoms with Gasteiger partial charge in [0.25, 0.3) is 11.8 Å². The van der Waals surface area contributed by atoms with Crippen LogP contribution in [0.2, 0.25) is 0 Å². The molecule has 2 amide bonds. The Morgan fingerprint density at radius 2 is 1.29 bits per heavy atom. The van der Waals surface area contributed by atoms with Crippen LogP contribution in [0, 0.1) is 6.92 Å². The van der Waals surface area contributed by atoms with Crippen LogP contribution in [0.3, 0.4) is 0 Å².